The van der Waals surface area contributed by atoms with Crippen LogP contribution in [0.15, 0.2) is 42.5 Å². The second-order valence-corrected chi connectivity index (χ2v) is 7.21. The van der Waals surface area contributed by atoms with E-state index in [-0.39, 0.29) is 31.2 Å². The molecule has 2 aromatic rings. The topological polar surface area (TPSA) is 66.8 Å². The third kappa shape index (κ3) is 5.16. The van der Waals surface area contributed by atoms with E-state index >= 15 is 0 Å². The number of halogens is 5. The van der Waals surface area contributed by atoms with E-state index in [0.29, 0.717) is 0 Å². The molecule has 0 fully saturated rings. The Morgan fingerprint density at radius 1 is 1.21 bits per heavy atom. The molecule has 0 heterocycles. The molecule has 2 unspecified atom stereocenters. The lowest BCUT2D eigenvalue weighted by Crippen LogP contribution is -2.48. The van der Waals surface area contributed by atoms with Crippen LogP contribution in [-0.2, 0) is 22.4 Å². The Kier molecular flexibility index (Phi) is 7.33. The summed E-state index contributed by atoms with van der Waals surface area (Å²) >= 11 is 8.82. The van der Waals surface area contributed by atoms with Crippen LogP contribution < -0.4 is 4.31 Å². The Labute approximate surface area is 171 Å². The van der Waals surface area contributed by atoms with E-state index in [2.05, 4.69) is 4.74 Å². The second kappa shape index (κ2) is 9.13. The molecule has 1 N–H and O–H groups in total. The molecular weight excluding hydrogens is 442 g/mol. The minimum absolute atomic E-state index is 0.0665. The van der Waals surface area contributed by atoms with E-state index in [1.54, 1.807) is 0 Å². The highest BCUT2D eigenvalue weighted by Gasteiger charge is 2.46. The lowest BCUT2D eigenvalue weighted by Gasteiger charge is -2.31. The predicted molar refractivity (Wildman–Crippen MR) is 101 cm³/mol. The van der Waals surface area contributed by atoms with E-state index in [0.717, 1.165) is 19.2 Å². The van der Waals surface area contributed by atoms with Crippen molar-refractivity contribution in [2.45, 2.75) is 18.6 Å². The molecule has 5 nitrogen and oxygen atoms in total. The van der Waals surface area contributed by atoms with Gasteiger partial charge in [-0.2, -0.15) is 13.2 Å². The zero-order valence-electron chi connectivity index (χ0n) is 14.2. The summed E-state index contributed by atoms with van der Waals surface area (Å²) in [6.07, 6.45) is -5.58. The van der Waals surface area contributed by atoms with Gasteiger partial charge in [0.25, 0.3) is 11.3 Å². The minimum atomic E-state index is -4.87. The molecule has 28 heavy (non-hydrogen) atoms. The van der Waals surface area contributed by atoms with Crippen molar-refractivity contribution < 1.29 is 31.5 Å². The average Bonchev–Trinajstić information content (AvgIpc) is 2.63. The number of benzene rings is 2. The molecule has 0 aromatic heterocycles. The molecule has 152 valence electrons. The average molecular weight is 456 g/mol. The molecular formula is C17H14Cl2F3NO4S. The zero-order valence-corrected chi connectivity index (χ0v) is 16.6. The number of hydrogen-bond donors (Lipinski definition) is 1. The summed E-state index contributed by atoms with van der Waals surface area (Å²) in [5.74, 6) is -0.693. The molecule has 2 atom stereocenters. The first-order valence-electron chi connectivity index (χ1n) is 7.64. The number of anilines is 1. The van der Waals surface area contributed by atoms with Crippen LogP contribution in [0.1, 0.15) is 15.9 Å². The van der Waals surface area contributed by atoms with Crippen molar-refractivity contribution >= 4 is 46.1 Å². The first-order valence-corrected chi connectivity index (χ1v) is 9.46. The van der Waals surface area contributed by atoms with Crippen molar-refractivity contribution in [1.82, 2.24) is 0 Å². The number of carbonyl (C=O) groups is 1. The van der Waals surface area contributed by atoms with Crippen LogP contribution in [0.25, 0.3) is 0 Å². The molecule has 2 aromatic carbocycles. The van der Waals surface area contributed by atoms with Gasteiger partial charge in [-0.1, -0.05) is 35.3 Å². The van der Waals surface area contributed by atoms with Crippen molar-refractivity contribution in [2.75, 3.05) is 11.4 Å². The molecule has 0 aliphatic rings. The number of methoxy groups -OCH3 is 1. The van der Waals surface area contributed by atoms with Crippen LogP contribution in [-0.4, -0.2) is 34.1 Å². The van der Waals surface area contributed by atoms with Crippen molar-refractivity contribution in [3.05, 3.63) is 63.6 Å². The van der Waals surface area contributed by atoms with Gasteiger partial charge in [-0.25, -0.2) is 9.00 Å². The third-order valence-electron chi connectivity index (χ3n) is 3.82. The summed E-state index contributed by atoms with van der Waals surface area (Å²) in [6.45, 7) is 0. The number of ether oxygens (including phenoxy) is 1. The maximum atomic E-state index is 13.8. The fourth-order valence-electron chi connectivity index (χ4n) is 2.49. The molecule has 0 spiro atoms. The largest absolute Gasteiger partial charge is 0.465 e. The molecule has 11 heteroatoms. The van der Waals surface area contributed by atoms with Crippen molar-refractivity contribution in [3.8, 4) is 0 Å². The third-order valence-corrected chi connectivity index (χ3v) is 5.48. The fourth-order valence-corrected chi connectivity index (χ4v) is 3.60. The molecule has 0 bridgehead atoms. The Balaban J connectivity index is 2.47. The number of nitrogens with zero attached hydrogens (tertiary/aromatic N) is 1. The van der Waals surface area contributed by atoms with Gasteiger partial charge in [0.05, 0.1) is 28.4 Å². The summed E-state index contributed by atoms with van der Waals surface area (Å²) in [7, 11) is 1.15. The van der Waals surface area contributed by atoms with Crippen LogP contribution in [0.4, 0.5) is 18.9 Å². The molecule has 0 saturated heterocycles. The van der Waals surface area contributed by atoms with Crippen LogP contribution in [0, 0.1) is 0 Å². The highest BCUT2D eigenvalue weighted by atomic mass is 35.5. The van der Waals surface area contributed by atoms with Gasteiger partial charge in [0.1, 0.15) is 6.04 Å². The highest BCUT2D eigenvalue weighted by molar-refractivity contribution is 7.80. The molecule has 0 aliphatic carbocycles. The maximum Gasteiger partial charge on any atom is 0.410 e. The smallest absolute Gasteiger partial charge is 0.410 e. The maximum absolute atomic E-state index is 13.8. The van der Waals surface area contributed by atoms with E-state index in [4.69, 9.17) is 23.2 Å². The zero-order chi connectivity index (χ0) is 21.1. The van der Waals surface area contributed by atoms with Gasteiger partial charge in [-0.05, 0) is 35.9 Å². The molecule has 2 rings (SSSR count). The lowest BCUT2D eigenvalue weighted by molar-refractivity contribution is -0.145. The summed E-state index contributed by atoms with van der Waals surface area (Å²) in [5, 5.41) is 0.00215. The number of alkyl halides is 3. The second-order valence-electron chi connectivity index (χ2n) is 5.57. The number of carbonyl (C=O) groups excluding carboxylic acids is 1. The van der Waals surface area contributed by atoms with Gasteiger partial charge in [0, 0.05) is 6.42 Å². The fraction of sp³-hybridized carbons (Fsp3) is 0.235. The summed E-state index contributed by atoms with van der Waals surface area (Å²) in [5.41, 5.74) is -0.0662. The van der Waals surface area contributed by atoms with Crippen molar-refractivity contribution in [1.29, 1.82) is 0 Å². The monoisotopic (exact) mass is 455 g/mol. The summed E-state index contributed by atoms with van der Waals surface area (Å²) in [4.78, 5) is 11.5. The summed E-state index contributed by atoms with van der Waals surface area (Å²) < 4.78 is 67.5. The summed E-state index contributed by atoms with van der Waals surface area (Å²) in [6, 6.07) is 6.47. The molecule has 0 radical (unpaired) electrons. The van der Waals surface area contributed by atoms with E-state index in [1.165, 1.54) is 30.3 Å². The number of rotatable bonds is 6. The van der Waals surface area contributed by atoms with Gasteiger partial charge in [0.15, 0.2) is 0 Å². The first-order chi connectivity index (χ1) is 13.1. The van der Waals surface area contributed by atoms with Crippen LogP contribution in [0.3, 0.4) is 0 Å². The van der Waals surface area contributed by atoms with Crippen molar-refractivity contribution in [3.63, 3.8) is 0 Å². The lowest BCUT2D eigenvalue weighted by atomic mass is 10.0. The van der Waals surface area contributed by atoms with Gasteiger partial charge >= 0.3 is 12.1 Å². The first kappa shape index (κ1) is 22.5. The van der Waals surface area contributed by atoms with Crippen molar-refractivity contribution in [2.24, 2.45) is 0 Å². The molecule has 0 saturated carbocycles. The number of hydrogen-bond acceptors (Lipinski definition) is 3. The van der Waals surface area contributed by atoms with Crippen LogP contribution in [0.5, 0.6) is 0 Å². The van der Waals surface area contributed by atoms with Crippen LogP contribution in [0.2, 0.25) is 10.0 Å². The van der Waals surface area contributed by atoms with E-state index < -0.39 is 35.9 Å². The van der Waals surface area contributed by atoms with Gasteiger partial charge in [0.2, 0.25) is 0 Å². The Morgan fingerprint density at radius 2 is 1.82 bits per heavy atom. The Hall–Kier alpha value is -1.81. The Morgan fingerprint density at radius 3 is 2.32 bits per heavy atom. The van der Waals surface area contributed by atoms with Crippen LogP contribution >= 0.6 is 23.2 Å². The highest BCUT2D eigenvalue weighted by Crippen LogP contribution is 2.35. The van der Waals surface area contributed by atoms with E-state index in [9.17, 15) is 26.7 Å². The number of esters is 1. The quantitative estimate of drug-likeness (QED) is 0.496. The van der Waals surface area contributed by atoms with E-state index in [1.807, 2.05) is 0 Å². The molecule has 0 amide bonds. The predicted octanol–water partition coefficient (Wildman–Crippen LogP) is 4.90. The standard InChI is InChI=1S/C17H14Cl2F3NO4S/c1-27-16(24)10-5-7-12(8-6-10)23(28(25)26)14(17(20,21)22)9-11-3-2-4-13(18)15(11)19/h2-8,14H,9H2,1H3,(H,25,26). The molecule has 0 aliphatic heterocycles. The minimum Gasteiger partial charge on any atom is -0.465 e. The van der Waals surface area contributed by atoms with Gasteiger partial charge in [-0.3, -0.25) is 8.86 Å². The van der Waals surface area contributed by atoms with Gasteiger partial charge in [-0.15, -0.1) is 0 Å². The SMILES string of the molecule is COC(=O)c1ccc(N(C(Cc2cccc(Cl)c2Cl)C(F)(F)F)S(=O)O)cc1. The van der Waals surface area contributed by atoms with Gasteiger partial charge < -0.3 is 4.74 Å². The Bertz CT molecular complexity index is 878. The normalized spacial score (nSPS) is 13.7.